The highest BCUT2D eigenvalue weighted by atomic mass is 32.1. The largest absolute Gasteiger partial charge is 0.766 e. The van der Waals surface area contributed by atoms with Crippen LogP contribution in [0.5, 0.6) is 5.75 Å². The first-order valence-electron chi connectivity index (χ1n) is 5.18. The fourth-order valence-electron chi connectivity index (χ4n) is 1.30. The Kier molecular flexibility index (Phi) is 5.25. The third kappa shape index (κ3) is 3.41. The first-order valence-corrected chi connectivity index (χ1v) is 5.59. The molecule has 0 bridgehead atoms. The summed E-state index contributed by atoms with van der Waals surface area (Å²) >= 11 is 4.92. The Balaban J connectivity index is 3.31. The number of esters is 2. The molecule has 0 aliphatic carbocycles. The van der Waals surface area contributed by atoms with Crippen LogP contribution in [0.2, 0.25) is 0 Å². The van der Waals surface area contributed by atoms with Crippen LogP contribution in [0.25, 0.3) is 5.70 Å². The van der Waals surface area contributed by atoms with Crippen molar-refractivity contribution in [2.75, 3.05) is 21.3 Å². The number of ether oxygens (including phenoxy) is 3. The standard InChI is InChI=1S/C12H13NO5S/c1-16-8-4-6-13(7-5-8)9(11(14)17-2)10(19)12(15)18-3/h4-7H,1-3H3. The van der Waals surface area contributed by atoms with E-state index in [1.54, 1.807) is 12.1 Å². The van der Waals surface area contributed by atoms with Crippen molar-refractivity contribution in [2.45, 2.75) is 0 Å². The minimum Gasteiger partial charge on any atom is -0.766 e. The average molecular weight is 283 g/mol. The van der Waals surface area contributed by atoms with Gasteiger partial charge in [0.05, 0.1) is 21.3 Å². The van der Waals surface area contributed by atoms with E-state index in [0.29, 0.717) is 5.75 Å². The molecule has 1 rings (SSSR count). The van der Waals surface area contributed by atoms with Crippen LogP contribution < -0.4 is 9.30 Å². The van der Waals surface area contributed by atoms with Crippen molar-refractivity contribution in [3.05, 3.63) is 29.4 Å². The van der Waals surface area contributed by atoms with Crippen LogP contribution in [0, 0.1) is 0 Å². The van der Waals surface area contributed by atoms with Crippen molar-refractivity contribution in [3.63, 3.8) is 0 Å². The highest BCUT2D eigenvalue weighted by Gasteiger charge is 2.24. The maximum Gasteiger partial charge on any atom is 0.402 e. The summed E-state index contributed by atoms with van der Waals surface area (Å²) in [5, 5.41) is 0. The Hall–Kier alpha value is -2.15. The first kappa shape index (κ1) is 14.9. The second-order valence-electron chi connectivity index (χ2n) is 3.31. The lowest BCUT2D eigenvalue weighted by molar-refractivity contribution is -0.578. The predicted molar refractivity (Wildman–Crippen MR) is 67.8 cm³/mol. The van der Waals surface area contributed by atoms with Gasteiger partial charge in [0, 0.05) is 12.1 Å². The van der Waals surface area contributed by atoms with E-state index >= 15 is 0 Å². The number of rotatable bonds is 4. The summed E-state index contributed by atoms with van der Waals surface area (Å²) in [5.74, 6) is -0.909. The second kappa shape index (κ2) is 6.69. The van der Waals surface area contributed by atoms with Gasteiger partial charge < -0.3 is 26.8 Å². The minimum absolute atomic E-state index is 0.0907. The molecule has 0 radical (unpaired) electrons. The lowest BCUT2D eigenvalue weighted by atomic mass is 10.3. The number of carbonyl (C=O) groups excluding carboxylic acids is 2. The number of methoxy groups -OCH3 is 3. The normalized spacial score (nSPS) is 11.3. The molecule has 1 aromatic rings. The molecule has 102 valence electrons. The van der Waals surface area contributed by atoms with Crippen LogP contribution in [0.4, 0.5) is 0 Å². The molecular formula is C12H13NO5S. The molecule has 0 N–H and O–H groups in total. The molecule has 0 atom stereocenters. The number of pyridine rings is 1. The summed E-state index contributed by atoms with van der Waals surface area (Å²) in [5.41, 5.74) is -0.0907. The van der Waals surface area contributed by atoms with Crippen molar-refractivity contribution >= 4 is 30.3 Å². The first-order chi connectivity index (χ1) is 9.04. The van der Waals surface area contributed by atoms with E-state index in [4.69, 9.17) is 17.4 Å². The van der Waals surface area contributed by atoms with E-state index in [1.165, 1.54) is 38.3 Å². The van der Waals surface area contributed by atoms with Gasteiger partial charge >= 0.3 is 11.9 Å². The maximum absolute atomic E-state index is 11.7. The van der Waals surface area contributed by atoms with Gasteiger partial charge in [0.15, 0.2) is 12.4 Å². The van der Waals surface area contributed by atoms with Crippen LogP contribution in [0.1, 0.15) is 0 Å². The van der Waals surface area contributed by atoms with Gasteiger partial charge in [-0.3, -0.25) is 0 Å². The second-order valence-corrected chi connectivity index (χ2v) is 3.71. The highest BCUT2D eigenvalue weighted by Crippen LogP contribution is 2.10. The molecule has 0 aromatic carbocycles. The summed E-state index contributed by atoms with van der Waals surface area (Å²) in [6, 6.07) is 3.23. The Labute approximate surface area is 116 Å². The zero-order valence-corrected chi connectivity index (χ0v) is 11.5. The van der Waals surface area contributed by atoms with Crippen LogP contribution in [0.3, 0.4) is 0 Å². The predicted octanol–water partition coefficient (Wildman–Crippen LogP) is 0.0442. The van der Waals surface area contributed by atoms with Gasteiger partial charge in [-0.15, -0.1) is 0 Å². The number of hydrogen-bond acceptors (Lipinski definition) is 6. The molecule has 0 aliphatic heterocycles. The van der Waals surface area contributed by atoms with E-state index in [0.717, 1.165) is 0 Å². The summed E-state index contributed by atoms with van der Waals surface area (Å²) in [6.45, 7) is 0. The molecule has 1 aromatic heterocycles. The molecule has 0 saturated heterocycles. The molecule has 0 saturated carbocycles. The molecular weight excluding hydrogens is 270 g/mol. The van der Waals surface area contributed by atoms with Gasteiger partial charge in [0.2, 0.25) is 0 Å². The molecule has 0 spiro atoms. The van der Waals surface area contributed by atoms with E-state index in [2.05, 4.69) is 9.47 Å². The van der Waals surface area contributed by atoms with Gasteiger partial charge in [0.25, 0.3) is 5.70 Å². The van der Waals surface area contributed by atoms with E-state index in [-0.39, 0.29) is 10.6 Å². The van der Waals surface area contributed by atoms with Crippen molar-refractivity contribution in [3.8, 4) is 5.75 Å². The summed E-state index contributed by atoms with van der Waals surface area (Å²) < 4.78 is 15.5. The SMILES string of the molecule is COC(=O)C([S-])=C(C(=O)OC)[n+]1ccc(OC)cc1. The zero-order valence-electron chi connectivity index (χ0n) is 10.7. The Bertz CT molecular complexity index is 509. The third-order valence-corrected chi connectivity index (χ3v) is 2.62. The molecule has 6 nitrogen and oxygen atoms in total. The molecule has 7 heteroatoms. The Morgan fingerprint density at radius 3 is 2.00 bits per heavy atom. The number of aromatic nitrogens is 1. The molecule has 19 heavy (non-hydrogen) atoms. The Morgan fingerprint density at radius 2 is 1.58 bits per heavy atom. The molecule has 0 aliphatic rings. The molecule has 0 amide bonds. The topological polar surface area (TPSA) is 65.7 Å². The summed E-state index contributed by atoms with van der Waals surface area (Å²) in [7, 11) is 3.90. The van der Waals surface area contributed by atoms with Crippen molar-refractivity contribution in [2.24, 2.45) is 0 Å². The van der Waals surface area contributed by atoms with Crippen LogP contribution >= 0.6 is 0 Å². The lowest BCUT2D eigenvalue weighted by Gasteiger charge is -2.11. The van der Waals surface area contributed by atoms with Crippen LogP contribution in [-0.2, 0) is 31.7 Å². The zero-order chi connectivity index (χ0) is 14.4. The van der Waals surface area contributed by atoms with Gasteiger partial charge in [-0.1, -0.05) is 0 Å². The lowest BCUT2D eigenvalue weighted by Crippen LogP contribution is -2.38. The summed E-state index contributed by atoms with van der Waals surface area (Å²) in [4.78, 5) is 22.9. The monoisotopic (exact) mass is 283 g/mol. The maximum atomic E-state index is 11.7. The minimum atomic E-state index is -0.779. The van der Waals surface area contributed by atoms with E-state index in [1.807, 2.05) is 0 Å². The van der Waals surface area contributed by atoms with E-state index < -0.39 is 11.9 Å². The van der Waals surface area contributed by atoms with E-state index in [9.17, 15) is 9.59 Å². The quantitative estimate of drug-likeness (QED) is 0.336. The van der Waals surface area contributed by atoms with Crippen LogP contribution in [0.15, 0.2) is 29.4 Å². The van der Waals surface area contributed by atoms with Crippen molar-refractivity contribution in [1.82, 2.24) is 0 Å². The third-order valence-electron chi connectivity index (χ3n) is 2.26. The number of nitrogens with zero attached hydrogens (tertiary/aromatic N) is 1. The Morgan fingerprint density at radius 1 is 1.05 bits per heavy atom. The van der Waals surface area contributed by atoms with Gasteiger partial charge in [-0.25, -0.2) is 9.59 Å². The molecule has 0 fully saturated rings. The molecule has 0 unspecified atom stereocenters. The van der Waals surface area contributed by atoms with Gasteiger partial charge in [0.1, 0.15) is 5.75 Å². The van der Waals surface area contributed by atoms with Crippen molar-refractivity contribution < 1.29 is 28.4 Å². The van der Waals surface area contributed by atoms with Crippen LogP contribution in [-0.4, -0.2) is 33.3 Å². The van der Waals surface area contributed by atoms with Gasteiger partial charge in [-0.05, 0) is 4.91 Å². The summed E-state index contributed by atoms with van der Waals surface area (Å²) in [6.07, 6.45) is 3.06. The van der Waals surface area contributed by atoms with Gasteiger partial charge in [-0.2, -0.15) is 4.57 Å². The highest BCUT2D eigenvalue weighted by molar-refractivity contribution is 7.65. The molecule has 1 heterocycles. The fourth-order valence-corrected chi connectivity index (χ4v) is 1.57. The number of carbonyl (C=O) groups is 2. The number of hydrogen-bond donors (Lipinski definition) is 0. The smallest absolute Gasteiger partial charge is 0.402 e. The van der Waals surface area contributed by atoms with Crippen molar-refractivity contribution in [1.29, 1.82) is 0 Å². The average Bonchev–Trinajstić information content (AvgIpc) is 2.46. The fraction of sp³-hybridized carbons (Fsp3) is 0.250.